The molecule has 19 heavy (non-hydrogen) atoms. The number of rotatable bonds is 3. The molecule has 1 amide bonds. The van der Waals surface area contributed by atoms with Gasteiger partial charge in [-0.15, -0.1) is 0 Å². The van der Waals surface area contributed by atoms with Crippen molar-refractivity contribution in [1.82, 2.24) is 5.32 Å². The van der Waals surface area contributed by atoms with E-state index in [-0.39, 0.29) is 17.9 Å². The van der Waals surface area contributed by atoms with Crippen LogP contribution >= 0.6 is 0 Å². The van der Waals surface area contributed by atoms with E-state index in [1.165, 1.54) is 11.1 Å². The molecule has 0 saturated carbocycles. The van der Waals surface area contributed by atoms with Crippen molar-refractivity contribution in [3.8, 4) is 0 Å². The molecule has 1 aromatic rings. The zero-order chi connectivity index (χ0) is 14.0. The maximum absolute atomic E-state index is 11.7. The third-order valence-electron chi connectivity index (χ3n) is 4.14. The minimum atomic E-state index is -0.176. The number of carbonyl (C=O) groups excluding carboxylic acids is 1. The Labute approximate surface area is 115 Å². The predicted octanol–water partition coefficient (Wildman–Crippen LogP) is 2.03. The molecular weight excluding hydrogens is 236 g/mol. The van der Waals surface area contributed by atoms with Crippen molar-refractivity contribution in [3.63, 3.8) is 0 Å². The summed E-state index contributed by atoms with van der Waals surface area (Å²) in [6.07, 6.45) is 1.88. The van der Waals surface area contributed by atoms with Crippen molar-refractivity contribution < 1.29 is 4.79 Å². The molecule has 1 aromatic carbocycles. The van der Waals surface area contributed by atoms with E-state index in [0.29, 0.717) is 12.0 Å². The number of aryl methyl sites for hydroxylation is 1. The molecule has 4 unspecified atom stereocenters. The van der Waals surface area contributed by atoms with Crippen molar-refractivity contribution in [2.24, 2.45) is 17.6 Å². The van der Waals surface area contributed by atoms with Gasteiger partial charge in [-0.3, -0.25) is 4.79 Å². The average molecular weight is 260 g/mol. The van der Waals surface area contributed by atoms with Gasteiger partial charge in [-0.1, -0.05) is 36.8 Å². The van der Waals surface area contributed by atoms with E-state index in [9.17, 15) is 4.79 Å². The van der Waals surface area contributed by atoms with Gasteiger partial charge in [0.2, 0.25) is 5.91 Å². The molecule has 1 saturated heterocycles. The first-order chi connectivity index (χ1) is 8.97. The van der Waals surface area contributed by atoms with Gasteiger partial charge in [-0.05, 0) is 38.2 Å². The first kappa shape index (κ1) is 14.1. The molecule has 104 valence electrons. The minimum Gasteiger partial charge on any atom is -0.369 e. The average Bonchev–Trinajstić information content (AvgIpc) is 2.26. The SMILES string of the molecule is Cc1cccc(CC2NC(C)CC(C)C2C(N)=O)c1. The van der Waals surface area contributed by atoms with Crippen LogP contribution in [0, 0.1) is 18.8 Å². The molecule has 2 rings (SSSR count). The summed E-state index contributed by atoms with van der Waals surface area (Å²) in [5.74, 6) is 0.102. The quantitative estimate of drug-likeness (QED) is 0.873. The fraction of sp³-hybridized carbons (Fsp3) is 0.562. The lowest BCUT2D eigenvalue weighted by molar-refractivity contribution is -0.125. The van der Waals surface area contributed by atoms with E-state index in [1.54, 1.807) is 0 Å². The summed E-state index contributed by atoms with van der Waals surface area (Å²) in [6.45, 7) is 6.40. The number of carbonyl (C=O) groups is 1. The zero-order valence-corrected chi connectivity index (χ0v) is 12.0. The highest BCUT2D eigenvalue weighted by atomic mass is 16.1. The summed E-state index contributed by atoms with van der Waals surface area (Å²) in [4.78, 5) is 11.7. The van der Waals surface area contributed by atoms with Gasteiger partial charge >= 0.3 is 0 Å². The molecule has 1 fully saturated rings. The highest BCUT2D eigenvalue weighted by molar-refractivity contribution is 5.78. The van der Waals surface area contributed by atoms with Crippen LogP contribution in [0.3, 0.4) is 0 Å². The van der Waals surface area contributed by atoms with E-state index >= 15 is 0 Å². The fourth-order valence-corrected chi connectivity index (χ4v) is 3.40. The van der Waals surface area contributed by atoms with E-state index in [1.807, 2.05) is 0 Å². The minimum absolute atomic E-state index is 0.0725. The highest BCUT2D eigenvalue weighted by Gasteiger charge is 2.36. The maximum Gasteiger partial charge on any atom is 0.222 e. The second-order valence-electron chi connectivity index (χ2n) is 6.01. The number of piperidine rings is 1. The molecule has 3 heteroatoms. The second-order valence-corrected chi connectivity index (χ2v) is 6.01. The van der Waals surface area contributed by atoms with Crippen LogP contribution in [-0.2, 0) is 11.2 Å². The molecule has 0 bridgehead atoms. The third-order valence-corrected chi connectivity index (χ3v) is 4.14. The van der Waals surface area contributed by atoms with Crippen LogP contribution in [0.25, 0.3) is 0 Å². The molecule has 3 nitrogen and oxygen atoms in total. The number of nitrogens with two attached hydrogens (primary N) is 1. The summed E-state index contributed by atoms with van der Waals surface area (Å²) in [7, 11) is 0. The Kier molecular flexibility index (Phi) is 4.25. The van der Waals surface area contributed by atoms with Gasteiger partial charge in [-0.25, -0.2) is 0 Å². The van der Waals surface area contributed by atoms with E-state index in [2.05, 4.69) is 50.4 Å². The molecule has 1 aliphatic heterocycles. The molecule has 0 aromatic heterocycles. The van der Waals surface area contributed by atoms with Crippen molar-refractivity contribution in [1.29, 1.82) is 0 Å². The lowest BCUT2D eigenvalue weighted by atomic mass is 9.77. The molecule has 0 aliphatic carbocycles. The normalized spacial score (nSPS) is 31.1. The van der Waals surface area contributed by atoms with Crippen molar-refractivity contribution in [2.45, 2.75) is 45.7 Å². The van der Waals surface area contributed by atoms with E-state index in [4.69, 9.17) is 5.73 Å². The lowest BCUT2D eigenvalue weighted by Crippen LogP contribution is -2.55. The summed E-state index contributed by atoms with van der Waals surface area (Å²) in [6, 6.07) is 9.06. The monoisotopic (exact) mass is 260 g/mol. The maximum atomic E-state index is 11.7. The Hall–Kier alpha value is -1.35. The van der Waals surface area contributed by atoms with E-state index < -0.39 is 0 Å². The van der Waals surface area contributed by atoms with Gasteiger partial charge in [0, 0.05) is 12.1 Å². The van der Waals surface area contributed by atoms with Gasteiger partial charge in [0.1, 0.15) is 0 Å². The Morgan fingerprint density at radius 3 is 2.79 bits per heavy atom. The largest absolute Gasteiger partial charge is 0.369 e. The van der Waals surface area contributed by atoms with Crippen LogP contribution < -0.4 is 11.1 Å². The number of hydrogen-bond donors (Lipinski definition) is 2. The van der Waals surface area contributed by atoms with Crippen LogP contribution in [0.1, 0.15) is 31.4 Å². The van der Waals surface area contributed by atoms with Gasteiger partial charge < -0.3 is 11.1 Å². The number of hydrogen-bond acceptors (Lipinski definition) is 2. The van der Waals surface area contributed by atoms with Gasteiger partial charge in [0.25, 0.3) is 0 Å². The number of nitrogens with one attached hydrogen (secondary N) is 1. The second kappa shape index (κ2) is 5.74. The molecular formula is C16H24N2O. The zero-order valence-electron chi connectivity index (χ0n) is 12.0. The first-order valence-electron chi connectivity index (χ1n) is 7.08. The van der Waals surface area contributed by atoms with Gasteiger partial charge in [0.05, 0.1) is 5.92 Å². The summed E-state index contributed by atoms with van der Waals surface area (Å²) >= 11 is 0. The number of benzene rings is 1. The van der Waals surface area contributed by atoms with Gasteiger partial charge in [-0.2, -0.15) is 0 Å². The number of primary amides is 1. The Morgan fingerprint density at radius 2 is 2.16 bits per heavy atom. The molecule has 0 radical (unpaired) electrons. The molecule has 0 spiro atoms. The Morgan fingerprint density at radius 1 is 1.42 bits per heavy atom. The summed E-state index contributed by atoms with van der Waals surface area (Å²) in [5.41, 5.74) is 8.12. The molecule has 4 atom stereocenters. The van der Waals surface area contributed by atoms with Gasteiger partial charge in [0.15, 0.2) is 0 Å². The number of amides is 1. The third kappa shape index (κ3) is 3.35. The van der Waals surface area contributed by atoms with Crippen LogP contribution in [-0.4, -0.2) is 18.0 Å². The van der Waals surface area contributed by atoms with Crippen LogP contribution in [0.5, 0.6) is 0 Å². The van der Waals surface area contributed by atoms with E-state index in [0.717, 1.165) is 12.8 Å². The molecule has 1 aliphatic rings. The predicted molar refractivity (Wildman–Crippen MR) is 77.7 cm³/mol. The van der Waals surface area contributed by atoms with Crippen molar-refractivity contribution in [2.75, 3.05) is 0 Å². The van der Waals surface area contributed by atoms with Crippen LogP contribution in [0.2, 0.25) is 0 Å². The topological polar surface area (TPSA) is 55.1 Å². The molecule has 1 heterocycles. The highest BCUT2D eigenvalue weighted by Crippen LogP contribution is 2.28. The van der Waals surface area contributed by atoms with Crippen molar-refractivity contribution >= 4 is 5.91 Å². The smallest absolute Gasteiger partial charge is 0.222 e. The Bertz CT molecular complexity index is 458. The lowest BCUT2D eigenvalue weighted by Gasteiger charge is -2.39. The fourth-order valence-electron chi connectivity index (χ4n) is 3.40. The van der Waals surface area contributed by atoms with Crippen LogP contribution in [0.4, 0.5) is 0 Å². The summed E-state index contributed by atoms with van der Waals surface area (Å²) in [5, 5.41) is 3.55. The standard InChI is InChI=1S/C16H24N2O/c1-10-5-4-6-13(7-10)9-14-15(16(17)19)11(2)8-12(3)18-14/h4-7,11-12,14-15,18H,8-9H2,1-3H3,(H2,17,19). The van der Waals surface area contributed by atoms with Crippen LogP contribution in [0.15, 0.2) is 24.3 Å². The first-order valence-corrected chi connectivity index (χ1v) is 7.08. The van der Waals surface area contributed by atoms with Crippen molar-refractivity contribution in [3.05, 3.63) is 35.4 Å². The summed E-state index contributed by atoms with van der Waals surface area (Å²) < 4.78 is 0. The Balaban J connectivity index is 2.17. The molecule has 3 N–H and O–H groups in total.